The van der Waals surface area contributed by atoms with Crippen LogP contribution in [0.4, 0.5) is 0 Å². The molecule has 0 amide bonds. The molecule has 100 valence electrons. The number of benzene rings is 1. The zero-order valence-corrected chi connectivity index (χ0v) is 11.9. The Morgan fingerprint density at radius 1 is 1.17 bits per heavy atom. The number of methoxy groups -OCH3 is 2. The van der Waals surface area contributed by atoms with Gasteiger partial charge in [-0.2, -0.15) is 0 Å². The van der Waals surface area contributed by atoms with Crippen molar-refractivity contribution in [2.24, 2.45) is 5.92 Å². The number of nitrogens with zero attached hydrogens (tertiary/aromatic N) is 1. The first-order valence-corrected chi connectivity index (χ1v) is 6.23. The minimum atomic E-state index is 0. The van der Waals surface area contributed by atoms with Crippen LogP contribution in [0.1, 0.15) is 24.1 Å². The summed E-state index contributed by atoms with van der Waals surface area (Å²) in [5.41, 5.74) is 2.86. The van der Waals surface area contributed by atoms with E-state index in [-0.39, 0.29) is 12.4 Å². The van der Waals surface area contributed by atoms with Crippen LogP contribution in [0.5, 0.6) is 11.5 Å². The van der Waals surface area contributed by atoms with E-state index in [1.54, 1.807) is 14.2 Å². The Labute approximate surface area is 114 Å². The van der Waals surface area contributed by atoms with Crippen LogP contribution in [-0.4, -0.2) is 32.2 Å². The summed E-state index contributed by atoms with van der Waals surface area (Å²) in [4.78, 5) is 2.55. The molecular formula is C14H20ClNO2. The molecule has 2 unspecified atom stereocenters. The van der Waals surface area contributed by atoms with E-state index in [4.69, 9.17) is 9.47 Å². The van der Waals surface area contributed by atoms with Gasteiger partial charge in [0.05, 0.1) is 14.2 Å². The van der Waals surface area contributed by atoms with Crippen molar-refractivity contribution in [1.82, 2.24) is 4.90 Å². The molecule has 0 aromatic heterocycles. The fourth-order valence-electron chi connectivity index (χ4n) is 3.23. The highest BCUT2D eigenvalue weighted by atomic mass is 35.5. The first-order valence-electron chi connectivity index (χ1n) is 6.23. The molecule has 18 heavy (non-hydrogen) atoms. The van der Waals surface area contributed by atoms with Gasteiger partial charge in [-0.05, 0) is 35.6 Å². The first kappa shape index (κ1) is 13.5. The smallest absolute Gasteiger partial charge is 0.161 e. The number of fused-ring (bicyclic) bond motifs is 3. The van der Waals surface area contributed by atoms with Crippen molar-refractivity contribution < 1.29 is 9.47 Å². The summed E-state index contributed by atoms with van der Waals surface area (Å²) in [6.45, 7) is 4.74. The van der Waals surface area contributed by atoms with Gasteiger partial charge in [-0.25, -0.2) is 0 Å². The van der Waals surface area contributed by atoms with Crippen molar-refractivity contribution in [2.45, 2.75) is 19.4 Å². The van der Waals surface area contributed by atoms with Crippen molar-refractivity contribution in [3.05, 3.63) is 23.3 Å². The lowest BCUT2D eigenvalue weighted by molar-refractivity contribution is 0.0158. The summed E-state index contributed by atoms with van der Waals surface area (Å²) in [6, 6.07) is 4.91. The maximum Gasteiger partial charge on any atom is 0.161 e. The molecule has 1 aromatic rings. The Kier molecular flexibility index (Phi) is 3.74. The molecule has 0 saturated carbocycles. The normalized spacial score (nSPS) is 25.3. The zero-order chi connectivity index (χ0) is 12.0. The molecule has 2 aliphatic rings. The Bertz CT molecular complexity index is 450. The molecule has 1 saturated heterocycles. The lowest BCUT2D eigenvalue weighted by Gasteiger charge is -2.50. The Balaban J connectivity index is 0.00000120. The molecule has 2 atom stereocenters. The maximum absolute atomic E-state index is 5.40. The van der Waals surface area contributed by atoms with Crippen molar-refractivity contribution >= 4 is 12.4 Å². The molecule has 1 fully saturated rings. The number of rotatable bonds is 2. The Hall–Kier alpha value is -0.930. The monoisotopic (exact) mass is 269 g/mol. The molecular weight excluding hydrogens is 250 g/mol. The van der Waals surface area contributed by atoms with Gasteiger partial charge in [0, 0.05) is 19.1 Å². The second kappa shape index (κ2) is 4.98. The quantitative estimate of drug-likeness (QED) is 0.824. The van der Waals surface area contributed by atoms with E-state index in [0.717, 1.165) is 23.8 Å². The Morgan fingerprint density at radius 3 is 2.44 bits per heavy atom. The van der Waals surface area contributed by atoms with Crippen LogP contribution in [0.3, 0.4) is 0 Å². The van der Waals surface area contributed by atoms with Gasteiger partial charge in [0.2, 0.25) is 0 Å². The lowest BCUT2D eigenvalue weighted by atomic mass is 9.78. The lowest BCUT2D eigenvalue weighted by Crippen LogP contribution is -2.51. The fourth-order valence-corrected chi connectivity index (χ4v) is 3.23. The second-order valence-electron chi connectivity index (χ2n) is 5.07. The molecule has 2 aliphatic heterocycles. The van der Waals surface area contributed by atoms with Gasteiger partial charge in [0.15, 0.2) is 11.5 Å². The van der Waals surface area contributed by atoms with Gasteiger partial charge in [-0.1, -0.05) is 6.92 Å². The van der Waals surface area contributed by atoms with Gasteiger partial charge in [-0.15, -0.1) is 12.4 Å². The molecule has 0 radical (unpaired) electrons. The molecule has 0 bridgehead atoms. The van der Waals surface area contributed by atoms with Crippen molar-refractivity contribution in [2.75, 3.05) is 27.3 Å². The van der Waals surface area contributed by atoms with Crippen LogP contribution >= 0.6 is 12.4 Å². The van der Waals surface area contributed by atoms with Crippen LogP contribution in [-0.2, 0) is 6.42 Å². The highest BCUT2D eigenvalue weighted by Crippen LogP contribution is 2.46. The molecule has 1 aromatic carbocycles. The molecule has 0 spiro atoms. The predicted molar refractivity (Wildman–Crippen MR) is 74.0 cm³/mol. The summed E-state index contributed by atoms with van der Waals surface area (Å²) < 4.78 is 10.8. The van der Waals surface area contributed by atoms with E-state index < -0.39 is 0 Å². The molecule has 4 heteroatoms. The van der Waals surface area contributed by atoms with E-state index in [0.29, 0.717) is 6.04 Å². The summed E-state index contributed by atoms with van der Waals surface area (Å²) in [5.74, 6) is 2.46. The van der Waals surface area contributed by atoms with Gasteiger partial charge in [-0.3, -0.25) is 4.90 Å². The van der Waals surface area contributed by atoms with Gasteiger partial charge >= 0.3 is 0 Å². The molecule has 0 N–H and O–H groups in total. The Morgan fingerprint density at radius 2 is 1.83 bits per heavy atom. The van der Waals surface area contributed by atoms with Crippen LogP contribution in [0, 0.1) is 5.92 Å². The van der Waals surface area contributed by atoms with Crippen molar-refractivity contribution in [3.63, 3.8) is 0 Å². The highest BCUT2D eigenvalue weighted by molar-refractivity contribution is 5.85. The third-order valence-corrected chi connectivity index (χ3v) is 4.09. The van der Waals surface area contributed by atoms with Crippen LogP contribution < -0.4 is 9.47 Å². The standard InChI is InChI=1S/C14H19NO2.ClH/c1-9-8-15-5-4-10-6-12(16-2)13(17-3)7-11(10)14(9)15;/h6-7,9,14H,4-5,8H2,1-3H3;1H. The third-order valence-electron chi connectivity index (χ3n) is 4.09. The zero-order valence-electron chi connectivity index (χ0n) is 11.1. The molecule has 3 nitrogen and oxygen atoms in total. The average Bonchev–Trinajstić information content (AvgIpc) is 2.34. The maximum atomic E-state index is 5.40. The largest absolute Gasteiger partial charge is 0.493 e. The first-order chi connectivity index (χ1) is 8.24. The van der Waals surface area contributed by atoms with E-state index >= 15 is 0 Å². The van der Waals surface area contributed by atoms with Gasteiger partial charge in [0.1, 0.15) is 0 Å². The molecule has 3 rings (SSSR count). The number of hydrogen-bond donors (Lipinski definition) is 0. The fraction of sp³-hybridized carbons (Fsp3) is 0.571. The highest BCUT2D eigenvalue weighted by Gasteiger charge is 2.40. The molecule has 2 heterocycles. The number of hydrogen-bond acceptors (Lipinski definition) is 3. The van der Waals surface area contributed by atoms with E-state index in [1.165, 1.54) is 24.2 Å². The van der Waals surface area contributed by atoms with Crippen molar-refractivity contribution in [3.8, 4) is 11.5 Å². The SMILES string of the molecule is COc1cc2c(cc1OC)C1C(C)CN1CC2.Cl. The summed E-state index contributed by atoms with van der Waals surface area (Å²) in [6.07, 6.45) is 1.12. The van der Waals surface area contributed by atoms with E-state index in [1.807, 2.05) is 0 Å². The van der Waals surface area contributed by atoms with Crippen LogP contribution in [0.2, 0.25) is 0 Å². The topological polar surface area (TPSA) is 21.7 Å². The summed E-state index contributed by atoms with van der Waals surface area (Å²) in [7, 11) is 3.40. The van der Waals surface area contributed by atoms with Crippen LogP contribution in [0.15, 0.2) is 12.1 Å². The third kappa shape index (κ3) is 1.86. The number of halogens is 1. The van der Waals surface area contributed by atoms with E-state index in [2.05, 4.69) is 24.0 Å². The van der Waals surface area contributed by atoms with E-state index in [9.17, 15) is 0 Å². The van der Waals surface area contributed by atoms with Crippen molar-refractivity contribution in [1.29, 1.82) is 0 Å². The molecule has 0 aliphatic carbocycles. The van der Waals surface area contributed by atoms with Crippen LogP contribution in [0.25, 0.3) is 0 Å². The summed E-state index contributed by atoms with van der Waals surface area (Å²) >= 11 is 0. The second-order valence-corrected chi connectivity index (χ2v) is 5.07. The minimum absolute atomic E-state index is 0. The predicted octanol–water partition coefficient (Wildman–Crippen LogP) is 2.67. The van der Waals surface area contributed by atoms with Gasteiger partial charge in [0.25, 0.3) is 0 Å². The minimum Gasteiger partial charge on any atom is -0.493 e. The average molecular weight is 270 g/mol. The number of ether oxygens (including phenoxy) is 2. The van der Waals surface area contributed by atoms with Gasteiger partial charge < -0.3 is 9.47 Å². The summed E-state index contributed by atoms with van der Waals surface area (Å²) in [5, 5.41) is 0.